The van der Waals surface area contributed by atoms with E-state index < -0.39 is 21.6 Å². The first-order valence-electron chi connectivity index (χ1n) is 11.0. The smallest absolute Gasteiger partial charge is 0.329 e. The van der Waals surface area contributed by atoms with Crippen LogP contribution < -0.4 is 20.5 Å². The van der Waals surface area contributed by atoms with Gasteiger partial charge in [-0.1, -0.05) is 36.4 Å². The van der Waals surface area contributed by atoms with Gasteiger partial charge in [0.1, 0.15) is 16.4 Å². The van der Waals surface area contributed by atoms with Crippen molar-refractivity contribution in [3.05, 3.63) is 77.9 Å². The van der Waals surface area contributed by atoms with E-state index in [1.165, 1.54) is 12.1 Å². The van der Waals surface area contributed by atoms with E-state index in [9.17, 15) is 18.5 Å². The predicted molar refractivity (Wildman–Crippen MR) is 136 cm³/mol. The molecule has 10 heteroatoms. The number of hydrogen-bond donors (Lipinski definition) is 3. The number of benzene rings is 3. The van der Waals surface area contributed by atoms with Crippen molar-refractivity contribution in [3.8, 4) is 28.7 Å². The molecule has 0 fully saturated rings. The number of nitrogens with zero attached hydrogens (tertiary/aromatic N) is 1. The average Bonchev–Trinajstić information content (AvgIpc) is 2.82. The van der Waals surface area contributed by atoms with Crippen molar-refractivity contribution in [1.29, 1.82) is 5.26 Å². The van der Waals surface area contributed by atoms with Gasteiger partial charge in [0.05, 0.1) is 25.0 Å². The van der Waals surface area contributed by atoms with Crippen LogP contribution in [0.25, 0.3) is 11.1 Å². The highest BCUT2D eigenvalue weighted by molar-refractivity contribution is 7.90. The van der Waals surface area contributed by atoms with Gasteiger partial charge >= 0.3 is 6.03 Å². The Bertz CT molecular complexity index is 1370. The van der Waals surface area contributed by atoms with Gasteiger partial charge in [0, 0.05) is 5.54 Å². The molecule has 0 saturated carbocycles. The second kappa shape index (κ2) is 11.2. The van der Waals surface area contributed by atoms with E-state index in [4.69, 9.17) is 15.2 Å². The number of hydrogen-bond acceptors (Lipinski definition) is 7. The Hall–Kier alpha value is -3.91. The number of carbonyl (C=O) groups is 1. The van der Waals surface area contributed by atoms with Crippen LogP contribution in [0.5, 0.6) is 11.5 Å². The molecule has 3 aromatic carbocycles. The first kappa shape index (κ1) is 26.7. The van der Waals surface area contributed by atoms with Crippen molar-refractivity contribution in [2.24, 2.45) is 5.73 Å². The van der Waals surface area contributed by atoms with Crippen LogP contribution in [0.4, 0.5) is 4.79 Å². The van der Waals surface area contributed by atoms with Crippen molar-refractivity contribution in [3.63, 3.8) is 0 Å². The van der Waals surface area contributed by atoms with Gasteiger partial charge in [-0.15, -0.1) is 0 Å². The monoisotopic (exact) mass is 508 g/mol. The highest BCUT2D eigenvalue weighted by Crippen LogP contribution is 2.32. The van der Waals surface area contributed by atoms with E-state index in [0.29, 0.717) is 12.4 Å². The normalized spacial score (nSPS) is 11.4. The topological polar surface area (TPSA) is 144 Å². The summed E-state index contributed by atoms with van der Waals surface area (Å²) >= 11 is 0. The van der Waals surface area contributed by atoms with Crippen molar-refractivity contribution < 1.29 is 22.7 Å². The summed E-state index contributed by atoms with van der Waals surface area (Å²) in [6.07, 6.45) is 0. The molecule has 4 N–H and O–H groups in total. The van der Waals surface area contributed by atoms with Gasteiger partial charge in [0.15, 0.2) is 0 Å². The van der Waals surface area contributed by atoms with Crippen LogP contribution >= 0.6 is 0 Å². The van der Waals surface area contributed by atoms with Crippen molar-refractivity contribution in [2.45, 2.75) is 37.8 Å². The summed E-state index contributed by atoms with van der Waals surface area (Å²) in [6.45, 7) is 5.72. The zero-order chi connectivity index (χ0) is 26.3. The van der Waals surface area contributed by atoms with E-state index in [-0.39, 0.29) is 22.9 Å². The molecular formula is C26H28N4O5S. The standard InChI is InChI=1S/C26H28N4O5S/c1-26(2,3)29-25(31)30-36(32,33)24-13-19(15-27)9-12-23(24)35-22-6-4-5-21(14-22)20-10-7-18(8-11-20)16-34-17-28/h4-14H,16-17,28H2,1-3H3,(H2,29,30,31). The lowest BCUT2D eigenvalue weighted by molar-refractivity contribution is 0.127. The minimum atomic E-state index is -4.35. The summed E-state index contributed by atoms with van der Waals surface area (Å²) in [5.41, 5.74) is 7.57. The maximum Gasteiger partial charge on any atom is 0.329 e. The highest BCUT2D eigenvalue weighted by atomic mass is 32.2. The Morgan fingerprint density at radius 1 is 1.03 bits per heavy atom. The minimum Gasteiger partial charge on any atom is -0.456 e. The Balaban J connectivity index is 1.89. The molecule has 0 unspecified atom stereocenters. The molecule has 0 saturated heterocycles. The molecule has 0 bridgehead atoms. The van der Waals surface area contributed by atoms with Crippen LogP contribution in [0.3, 0.4) is 0 Å². The molecule has 2 amide bonds. The number of ether oxygens (including phenoxy) is 2. The fourth-order valence-electron chi connectivity index (χ4n) is 3.25. The fraction of sp³-hybridized carbons (Fsp3) is 0.231. The number of sulfonamides is 1. The lowest BCUT2D eigenvalue weighted by Gasteiger charge is -2.21. The summed E-state index contributed by atoms with van der Waals surface area (Å²) in [7, 11) is -4.35. The predicted octanol–water partition coefficient (Wildman–Crippen LogP) is 4.24. The highest BCUT2D eigenvalue weighted by Gasteiger charge is 2.25. The quantitative estimate of drug-likeness (QED) is 0.386. The van der Waals surface area contributed by atoms with Gasteiger partial charge in [-0.05, 0) is 67.8 Å². The third kappa shape index (κ3) is 7.29. The largest absolute Gasteiger partial charge is 0.456 e. The van der Waals surface area contributed by atoms with Gasteiger partial charge in [0.2, 0.25) is 0 Å². The van der Waals surface area contributed by atoms with E-state index in [1.807, 2.05) is 41.1 Å². The number of rotatable bonds is 8. The first-order valence-corrected chi connectivity index (χ1v) is 12.5. The molecule has 0 aliphatic rings. The Morgan fingerprint density at radius 3 is 2.39 bits per heavy atom. The van der Waals surface area contributed by atoms with E-state index in [1.54, 1.807) is 39.0 Å². The van der Waals surface area contributed by atoms with Crippen LogP contribution in [0.2, 0.25) is 0 Å². The third-order valence-corrected chi connectivity index (χ3v) is 6.17. The Kier molecular flexibility index (Phi) is 8.32. The van der Waals surface area contributed by atoms with Crippen LogP contribution in [-0.4, -0.2) is 26.7 Å². The molecule has 0 aromatic heterocycles. The molecule has 3 aromatic rings. The molecule has 36 heavy (non-hydrogen) atoms. The minimum absolute atomic E-state index is 0.0310. The van der Waals surface area contributed by atoms with Gasteiger partial charge in [-0.2, -0.15) is 5.26 Å². The third-order valence-electron chi connectivity index (χ3n) is 4.81. The van der Waals surface area contributed by atoms with Crippen LogP contribution in [0.15, 0.2) is 71.6 Å². The van der Waals surface area contributed by atoms with Crippen molar-refractivity contribution in [1.82, 2.24) is 10.0 Å². The summed E-state index contributed by atoms with van der Waals surface area (Å²) in [4.78, 5) is 11.9. The maximum atomic E-state index is 13.0. The average molecular weight is 509 g/mol. The fourth-order valence-corrected chi connectivity index (χ4v) is 4.31. The van der Waals surface area contributed by atoms with E-state index in [2.05, 4.69) is 5.32 Å². The molecule has 0 atom stereocenters. The summed E-state index contributed by atoms with van der Waals surface area (Å²) in [6, 6.07) is 19.8. The number of urea groups is 1. The zero-order valence-electron chi connectivity index (χ0n) is 20.2. The lowest BCUT2D eigenvalue weighted by Crippen LogP contribution is -2.48. The van der Waals surface area contributed by atoms with Gasteiger partial charge in [-0.25, -0.2) is 17.9 Å². The second-order valence-corrected chi connectivity index (χ2v) is 10.6. The van der Waals surface area contributed by atoms with E-state index >= 15 is 0 Å². The second-order valence-electron chi connectivity index (χ2n) is 8.92. The molecule has 188 valence electrons. The molecule has 3 rings (SSSR count). The number of nitrogens with one attached hydrogen (secondary N) is 2. The molecule has 0 aliphatic heterocycles. The molecule has 0 spiro atoms. The number of nitrogens with two attached hydrogens (primary N) is 1. The number of carbonyl (C=O) groups excluding carboxylic acids is 1. The zero-order valence-corrected chi connectivity index (χ0v) is 21.1. The molecule has 0 radical (unpaired) electrons. The molecule has 0 heterocycles. The lowest BCUT2D eigenvalue weighted by atomic mass is 10.0. The molecule has 0 aliphatic carbocycles. The van der Waals surface area contributed by atoms with Crippen molar-refractivity contribution in [2.75, 3.05) is 6.73 Å². The Labute approximate surface area is 210 Å². The van der Waals surface area contributed by atoms with Crippen LogP contribution in [0, 0.1) is 11.3 Å². The van der Waals surface area contributed by atoms with E-state index in [0.717, 1.165) is 22.8 Å². The summed E-state index contributed by atoms with van der Waals surface area (Å²) in [5, 5.41) is 11.8. The number of nitriles is 1. The van der Waals surface area contributed by atoms with Crippen molar-refractivity contribution >= 4 is 16.1 Å². The summed E-state index contributed by atoms with van der Waals surface area (Å²) in [5.74, 6) is 0.347. The van der Waals surface area contributed by atoms with Crippen LogP contribution in [-0.2, 0) is 21.4 Å². The SMILES string of the molecule is CC(C)(C)NC(=O)NS(=O)(=O)c1cc(C#N)ccc1Oc1cccc(-c2ccc(COCN)cc2)c1. The van der Waals surface area contributed by atoms with Gasteiger partial charge in [-0.3, -0.25) is 0 Å². The molecular weight excluding hydrogens is 480 g/mol. The van der Waals surface area contributed by atoms with Gasteiger partial charge < -0.3 is 20.5 Å². The Morgan fingerprint density at radius 2 is 1.75 bits per heavy atom. The maximum absolute atomic E-state index is 13.0. The van der Waals surface area contributed by atoms with Crippen LogP contribution in [0.1, 0.15) is 31.9 Å². The molecule has 9 nitrogen and oxygen atoms in total. The summed E-state index contributed by atoms with van der Waals surface area (Å²) < 4.78 is 39.2. The first-order chi connectivity index (χ1) is 17.0. The number of amides is 2. The van der Waals surface area contributed by atoms with Gasteiger partial charge in [0.25, 0.3) is 10.0 Å².